The van der Waals surface area contributed by atoms with Crippen LogP contribution in [0.5, 0.6) is 0 Å². The van der Waals surface area contributed by atoms with Gasteiger partial charge in [-0.05, 0) is 29.8 Å². The number of fused-ring (bicyclic) bond motifs is 1. The number of nitrogens with zero attached hydrogens (tertiary/aromatic N) is 2. The average Bonchev–Trinajstić information content (AvgIpc) is 3.39. The molecule has 7 heteroatoms. The molecule has 1 amide bonds. The first-order valence-electron chi connectivity index (χ1n) is 8.33. The number of hydrogen-bond acceptors (Lipinski definition) is 5. The Morgan fingerprint density at radius 1 is 1.15 bits per heavy atom. The molecule has 2 aromatic carbocycles. The van der Waals surface area contributed by atoms with E-state index in [9.17, 15) is 9.18 Å². The molecule has 0 saturated carbocycles. The zero-order valence-corrected chi connectivity index (χ0v) is 15.6. The van der Waals surface area contributed by atoms with E-state index in [1.807, 2.05) is 35.7 Å². The van der Waals surface area contributed by atoms with Gasteiger partial charge in [-0.3, -0.25) is 9.69 Å². The first-order valence-corrected chi connectivity index (χ1v) is 10.3. The largest absolute Gasteiger partial charge is 0.454 e. The zero-order valence-electron chi connectivity index (χ0n) is 14.0. The van der Waals surface area contributed by atoms with E-state index in [0.717, 1.165) is 16.5 Å². The number of thiazole rings is 1. The lowest BCUT2D eigenvalue weighted by Gasteiger charge is -2.21. The zero-order chi connectivity index (χ0) is 18.4. The lowest BCUT2D eigenvalue weighted by molar-refractivity contribution is -0.115. The molecular formula is C20H13FN2O2S2. The smallest absolute Gasteiger partial charge is 0.240 e. The Kier molecular flexibility index (Phi) is 3.98. The summed E-state index contributed by atoms with van der Waals surface area (Å²) in [6.45, 7) is 0. The molecule has 0 N–H and O–H groups in total. The molecule has 27 heavy (non-hydrogen) atoms. The van der Waals surface area contributed by atoms with Crippen molar-refractivity contribution in [1.82, 2.24) is 4.98 Å². The Hall–Kier alpha value is -2.64. The highest BCUT2D eigenvalue weighted by molar-refractivity contribution is 8.00. The molecule has 5 rings (SSSR count). The maximum atomic E-state index is 13.2. The summed E-state index contributed by atoms with van der Waals surface area (Å²) in [6.07, 6.45) is 0. The number of benzene rings is 2. The Bertz CT molecular complexity index is 1100. The molecule has 134 valence electrons. The number of carbonyl (C=O) groups is 1. The molecule has 4 nitrogen and oxygen atoms in total. The predicted molar refractivity (Wildman–Crippen MR) is 106 cm³/mol. The predicted octanol–water partition coefficient (Wildman–Crippen LogP) is 5.47. The summed E-state index contributed by atoms with van der Waals surface area (Å²) < 4.78 is 19.1. The van der Waals surface area contributed by atoms with Crippen LogP contribution in [0.15, 0.2) is 64.4 Å². The molecule has 1 aliphatic rings. The molecular weight excluding hydrogens is 383 g/mol. The van der Waals surface area contributed by atoms with Gasteiger partial charge in [0.05, 0.1) is 5.75 Å². The van der Waals surface area contributed by atoms with Crippen molar-refractivity contribution in [2.24, 2.45) is 0 Å². The Balaban J connectivity index is 1.50. The molecule has 0 bridgehead atoms. The number of para-hydroxylation sites is 1. The molecule has 4 aromatic rings. The highest BCUT2D eigenvalue weighted by Gasteiger charge is 2.36. The molecule has 0 spiro atoms. The van der Waals surface area contributed by atoms with Gasteiger partial charge in [-0.2, -0.15) is 0 Å². The van der Waals surface area contributed by atoms with E-state index >= 15 is 0 Å². The number of anilines is 1. The maximum absolute atomic E-state index is 13.2. The Morgan fingerprint density at radius 3 is 2.78 bits per heavy atom. The Morgan fingerprint density at radius 2 is 1.96 bits per heavy atom. The first-order chi connectivity index (χ1) is 13.2. The van der Waals surface area contributed by atoms with Gasteiger partial charge in [0.2, 0.25) is 5.91 Å². The van der Waals surface area contributed by atoms with E-state index < -0.39 is 0 Å². The van der Waals surface area contributed by atoms with E-state index in [-0.39, 0.29) is 17.1 Å². The number of thioether (sulfide) groups is 1. The van der Waals surface area contributed by atoms with Gasteiger partial charge in [0, 0.05) is 10.8 Å². The fraction of sp³-hybridized carbons (Fsp3) is 0.100. The molecule has 1 fully saturated rings. The lowest BCUT2D eigenvalue weighted by Crippen LogP contribution is -2.27. The number of carbonyl (C=O) groups excluding carboxylic acids is 1. The monoisotopic (exact) mass is 396 g/mol. The van der Waals surface area contributed by atoms with E-state index in [2.05, 4.69) is 4.98 Å². The van der Waals surface area contributed by atoms with Crippen molar-refractivity contribution in [2.75, 3.05) is 10.7 Å². The van der Waals surface area contributed by atoms with Crippen molar-refractivity contribution in [3.63, 3.8) is 0 Å². The van der Waals surface area contributed by atoms with Crippen LogP contribution in [0.25, 0.3) is 22.4 Å². The van der Waals surface area contributed by atoms with Crippen LogP contribution in [-0.4, -0.2) is 16.6 Å². The van der Waals surface area contributed by atoms with Crippen LogP contribution in [0.1, 0.15) is 10.9 Å². The fourth-order valence-corrected chi connectivity index (χ4v) is 5.18. The molecule has 1 aliphatic heterocycles. The molecule has 1 atom stereocenters. The maximum Gasteiger partial charge on any atom is 0.240 e. The summed E-state index contributed by atoms with van der Waals surface area (Å²) in [7, 11) is 0. The van der Waals surface area contributed by atoms with Crippen molar-refractivity contribution < 1.29 is 13.6 Å². The van der Waals surface area contributed by atoms with Gasteiger partial charge in [-0.25, -0.2) is 9.37 Å². The van der Waals surface area contributed by atoms with Crippen LogP contribution in [0, 0.1) is 5.82 Å². The number of furan rings is 1. The van der Waals surface area contributed by atoms with E-state index in [1.54, 1.807) is 17.0 Å². The van der Waals surface area contributed by atoms with Gasteiger partial charge < -0.3 is 4.42 Å². The summed E-state index contributed by atoms with van der Waals surface area (Å²) in [4.78, 5) is 18.8. The molecule has 2 aromatic heterocycles. The third-order valence-corrected chi connectivity index (χ3v) is 6.45. The summed E-state index contributed by atoms with van der Waals surface area (Å²) in [5.41, 5.74) is 2.39. The van der Waals surface area contributed by atoms with Crippen LogP contribution >= 0.6 is 23.1 Å². The number of aromatic nitrogens is 1. The van der Waals surface area contributed by atoms with Gasteiger partial charge in [0.15, 0.2) is 10.9 Å². The van der Waals surface area contributed by atoms with Gasteiger partial charge in [-0.15, -0.1) is 23.1 Å². The SMILES string of the molecule is O=C1CSC(c2ccc(F)cc2)N1c1nc(-c2cc3ccccc3o2)cs1. The molecule has 1 saturated heterocycles. The summed E-state index contributed by atoms with van der Waals surface area (Å²) >= 11 is 2.92. The van der Waals surface area contributed by atoms with Crippen molar-refractivity contribution in [3.8, 4) is 11.5 Å². The van der Waals surface area contributed by atoms with Crippen molar-refractivity contribution in [3.05, 3.63) is 71.4 Å². The lowest BCUT2D eigenvalue weighted by atomic mass is 10.2. The second-order valence-electron chi connectivity index (χ2n) is 6.14. The highest BCUT2D eigenvalue weighted by atomic mass is 32.2. The minimum Gasteiger partial charge on any atom is -0.454 e. The van der Waals surface area contributed by atoms with Crippen LogP contribution in [0.2, 0.25) is 0 Å². The highest BCUT2D eigenvalue weighted by Crippen LogP contribution is 2.43. The first kappa shape index (κ1) is 16.5. The van der Waals surface area contributed by atoms with Gasteiger partial charge in [0.25, 0.3) is 0 Å². The van der Waals surface area contributed by atoms with E-state index in [1.165, 1.54) is 35.2 Å². The third kappa shape index (κ3) is 2.93. The van der Waals surface area contributed by atoms with Crippen LogP contribution in [0.4, 0.5) is 9.52 Å². The van der Waals surface area contributed by atoms with Crippen molar-refractivity contribution >= 4 is 45.1 Å². The normalized spacial score (nSPS) is 17.1. The second kappa shape index (κ2) is 6.51. The summed E-state index contributed by atoms with van der Waals surface area (Å²) in [6, 6.07) is 16.0. The Labute approximate surface area is 162 Å². The molecule has 3 heterocycles. The molecule has 0 radical (unpaired) electrons. The topological polar surface area (TPSA) is 46.3 Å². The van der Waals surface area contributed by atoms with Crippen LogP contribution in [0.3, 0.4) is 0 Å². The van der Waals surface area contributed by atoms with Crippen LogP contribution in [-0.2, 0) is 4.79 Å². The number of amides is 1. The molecule has 0 aliphatic carbocycles. The van der Waals surface area contributed by atoms with E-state index in [4.69, 9.17) is 4.42 Å². The minimum atomic E-state index is -0.291. The van der Waals surface area contributed by atoms with E-state index in [0.29, 0.717) is 22.3 Å². The summed E-state index contributed by atoms with van der Waals surface area (Å²) in [5.74, 6) is 0.763. The summed E-state index contributed by atoms with van der Waals surface area (Å²) in [5, 5.41) is 3.33. The minimum absolute atomic E-state index is 0.000156. The van der Waals surface area contributed by atoms with Gasteiger partial charge >= 0.3 is 0 Å². The average molecular weight is 396 g/mol. The number of halogens is 1. The fourth-order valence-electron chi connectivity index (χ4n) is 3.10. The van der Waals surface area contributed by atoms with Crippen molar-refractivity contribution in [2.45, 2.75) is 5.37 Å². The van der Waals surface area contributed by atoms with Gasteiger partial charge in [-0.1, -0.05) is 30.3 Å². The number of hydrogen-bond donors (Lipinski definition) is 0. The second-order valence-corrected chi connectivity index (χ2v) is 8.05. The number of rotatable bonds is 3. The standard InChI is InChI=1S/C20H13FN2O2S2/c21-14-7-5-12(6-8-14)19-23(18(24)11-26-19)20-22-15(10-27-20)17-9-13-3-1-2-4-16(13)25-17/h1-10,19H,11H2. The van der Waals surface area contributed by atoms with Gasteiger partial charge in [0.1, 0.15) is 22.5 Å². The van der Waals surface area contributed by atoms with Crippen molar-refractivity contribution in [1.29, 1.82) is 0 Å². The van der Waals surface area contributed by atoms with Crippen LogP contribution < -0.4 is 4.90 Å². The molecule has 1 unspecified atom stereocenters. The third-order valence-electron chi connectivity index (χ3n) is 4.40. The quantitative estimate of drug-likeness (QED) is 0.460.